The number of carbonyl (C=O) groups excluding carboxylic acids is 2. The fourth-order valence-corrected chi connectivity index (χ4v) is 10.1. The van der Waals surface area contributed by atoms with E-state index in [-0.39, 0.29) is 35.8 Å². The lowest BCUT2D eigenvalue weighted by Crippen LogP contribution is -2.44. The highest BCUT2D eigenvalue weighted by Crippen LogP contribution is 2.41. The van der Waals surface area contributed by atoms with Gasteiger partial charge in [0.2, 0.25) is 0 Å². The minimum Gasteiger partial charge on any atom is -0.392 e. The summed E-state index contributed by atoms with van der Waals surface area (Å²) in [5.74, 6) is 0.937. The normalized spacial score (nSPS) is 23.8. The molecule has 3 heterocycles. The second kappa shape index (κ2) is 15.5. The number of aryl methyl sites for hydroxylation is 2. The Labute approximate surface area is 299 Å². The number of pyridine rings is 1. The summed E-state index contributed by atoms with van der Waals surface area (Å²) in [5.41, 5.74) is 7.14. The van der Waals surface area contributed by atoms with E-state index in [9.17, 15) is 14.7 Å². The predicted molar refractivity (Wildman–Crippen MR) is 199 cm³/mol. The van der Waals surface area contributed by atoms with Gasteiger partial charge in [-0.25, -0.2) is 14.4 Å². The maximum Gasteiger partial charge on any atom is 0.181 e. The molecule has 6 nitrogen and oxygen atoms in total. The minimum atomic E-state index is -0.372. The van der Waals surface area contributed by atoms with Crippen LogP contribution < -0.4 is 0 Å². The molecular weight excluding hydrogens is 646 g/mol. The molecule has 2 unspecified atom stereocenters. The maximum atomic E-state index is 15.5. The van der Waals surface area contributed by atoms with E-state index in [0.717, 1.165) is 80.6 Å². The van der Waals surface area contributed by atoms with Crippen molar-refractivity contribution in [1.29, 1.82) is 0 Å². The number of likely N-dealkylation sites (N-methyl/N-ethyl adjacent to an activating group) is 1. The molecule has 1 N–H and O–H groups in total. The average Bonchev–Trinajstić information content (AvgIpc) is 3.40. The van der Waals surface area contributed by atoms with E-state index in [0.29, 0.717) is 54.3 Å². The summed E-state index contributed by atoms with van der Waals surface area (Å²) in [5, 5.41) is 10.8. The lowest BCUT2D eigenvalue weighted by molar-refractivity contribution is -0.113. The van der Waals surface area contributed by atoms with Crippen LogP contribution in [0.1, 0.15) is 125 Å². The third-order valence-corrected chi connectivity index (χ3v) is 13.1. The Morgan fingerprint density at radius 1 is 1.02 bits per heavy atom. The molecule has 3 aliphatic carbocycles. The summed E-state index contributed by atoms with van der Waals surface area (Å²) in [4.78, 5) is 41.5. The number of nitrogens with zero attached hydrogens (tertiary/aromatic N) is 3. The third kappa shape index (κ3) is 7.35. The second-order valence-electron chi connectivity index (χ2n) is 14.9. The molecule has 1 aromatic carbocycles. The zero-order chi connectivity index (χ0) is 34.8. The van der Waals surface area contributed by atoms with E-state index in [2.05, 4.69) is 29.8 Å². The fourth-order valence-electron chi connectivity index (χ4n) is 8.61. The van der Waals surface area contributed by atoms with Gasteiger partial charge in [-0.2, -0.15) is 0 Å². The van der Waals surface area contributed by atoms with E-state index < -0.39 is 0 Å². The molecule has 0 saturated carbocycles. The number of halogens is 1. The van der Waals surface area contributed by atoms with Crippen LogP contribution in [0.4, 0.5) is 10.2 Å². The van der Waals surface area contributed by atoms with Crippen molar-refractivity contribution in [3.8, 4) is 0 Å². The summed E-state index contributed by atoms with van der Waals surface area (Å²) in [6.45, 7) is 7.16. The Morgan fingerprint density at radius 3 is 2.60 bits per heavy atom. The van der Waals surface area contributed by atoms with Crippen LogP contribution in [-0.2, 0) is 37.1 Å². The zero-order valence-electron chi connectivity index (χ0n) is 29.6. The van der Waals surface area contributed by atoms with Crippen molar-refractivity contribution in [3.63, 3.8) is 0 Å². The number of benzene rings is 1. The van der Waals surface area contributed by atoms with Crippen molar-refractivity contribution in [3.05, 3.63) is 85.5 Å². The standard InChI is InChI=1S/C42H50FN3O3S/c1-3-26-12-16-38(48)37(45-40-17-15-29(22-44-40)31-23-46(4-2)24-31)20-30(18-26)35-21-32(43)19-28(36(35)25-47)14-13-27-8-7-10-34-33-9-5-6-11-39(33)50-42(34)41(27)49/h15,17,19-22,26-27,31,47H,3-14,16,18,23-25H2,1-2H3/b30-20+,45-37?. The number of allylic oxidation sites excluding steroid dienone is 2. The zero-order valence-corrected chi connectivity index (χ0v) is 30.4. The van der Waals surface area contributed by atoms with Gasteiger partial charge in [-0.3, -0.25) is 9.59 Å². The number of thiophene rings is 1. The Bertz CT molecular complexity index is 1800. The van der Waals surface area contributed by atoms with Gasteiger partial charge in [0.05, 0.1) is 11.5 Å². The van der Waals surface area contributed by atoms with Crippen LogP contribution in [0.25, 0.3) is 5.57 Å². The number of hydrogen-bond donors (Lipinski definition) is 1. The number of Topliss-reactive ketones (excluding diaryl/α,β-unsaturated/α-hetero) is 2. The molecule has 0 spiro atoms. The smallest absolute Gasteiger partial charge is 0.181 e. The van der Waals surface area contributed by atoms with Gasteiger partial charge < -0.3 is 10.0 Å². The van der Waals surface area contributed by atoms with E-state index in [4.69, 9.17) is 4.99 Å². The number of aromatic nitrogens is 1. The molecule has 1 aliphatic heterocycles. The number of hydrogen-bond acceptors (Lipinski definition) is 7. The Hall–Kier alpha value is -3.33. The molecular formula is C42H50FN3O3S. The van der Waals surface area contributed by atoms with Crippen molar-refractivity contribution in [2.45, 2.75) is 110 Å². The highest BCUT2D eigenvalue weighted by molar-refractivity contribution is 7.14. The van der Waals surface area contributed by atoms with Crippen LogP contribution in [0.3, 0.4) is 0 Å². The number of fused-ring (bicyclic) bond motifs is 3. The predicted octanol–water partition coefficient (Wildman–Crippen LogP) is 8.78. The molecule has 3 aromatic rings. The Morgan fingerprint density at radius 2 is 1.84 bits per heavy atom. The first kappa shape index (κ1) is 35.1. The first-order valence-electron chi connectivity index (χ1n) is 19.0. The quantitative estimate of drug-likeness (QED) is 0.226. The van der Waals surface area contributed by atoms with Gasteiger partial charge in [-0.1, -0.05) is 26.3 Å². The van der Waals surface area contributed by atoms with Crippen molar-refractivity contribution < 1.29 is 19.1 Å². The van der Waals surface area contributed by atoms with Crippen LogP contribution in [0, 0.1) is 17.7 Å². The first-order chi connectivity index (χ1) is 24.3. The fraction of sp³-hybridized carbons (Fsp3) is 0.524. The Balaban J connectivity index is 1.17. The SMILES string of the molecule is CCC1CCC(=O)C(=Nc2ccc(C3CN(CC)C3)cn2)/C=C(/c2cc(F)cc(CCC3CCCc4c(sc5c4CCCC5)C3=O)c2CO)C1. The number of likely N-dealkylation sites (tertiary alicyclic amines) is 1. The van der Waals surface area contributed by atoms with Crippen LogP contribution >= 0.6 is 11.3 Å². The van der Waals surface area contributed by atoms with Crippen LogP contribution in [0.15, 0.2) is 41.5 Å². The van der Waals surface area contributed by atoms with E-state index >= 15 is 4.39 Å². The monoisotopic (exact) mass is 695 g/mol. The van der Waals surface area contributed by atoms with Crippen LogP contribution in [0.2, 0.25) is 0 Å². The summed E-state index contributed by atoms with van der Waals surface area (Å²) < 4.78 is 15.5. The molecule has 1 fully saturated rings. The van der Waals surface area contributed by atoms with Crippen molar-refractivity contribution in [2.24, 2.45) is 16.8 Å². The molecule has 2 atom stereocenters. The molecule has 2 aromatic heterocycles. The van der Waals surface area contributed by atoms with Crippen molar-refractivity contribution >= 4 is 40.0 Å². The van der Waals surface area contributed by atoms with Gasteiger partial charge in [0.25, 0.3) is 0 Å². The summed E-state index contributed by atoms with van der Waals surface area (Å²) in [6.07, 6.45) is 14.9. The molecule has 0 amide bonds. The van der Waals surface area contributed by atoms with Crippen LogP contribution in [-0.4, -0.2) is 51.9 Å². The molecule has 7 rings (SSSR count). The lowest BCUT2D eigenvalue weighted by Gasteiger charge is -2.38. The molecule has 1 saturated heterocycles. The van der Waals surface area contributed by atoms with E-state index in [1.54, 1.807) is 11.3 Å². The van der Waals surface area contributed by atoms with Crippen LogP contribution in [0.5, 0.6) is 0 Å². The molecule has 50 heavy (non-hydrogen) atoms. The van der Waals surface area contributed by atoms with Gasteiger partial charge >= 0.3 is 0 Å². The number of aliphatic imine (C=N–C) groups is 1. The first-order valence-corrected chi connectivity index (χ1v) is 19.8. The molecule has 4 aliphatic rings. The summed E-state index contributed by atoms with van der Waals surface area (Å²) in [7, 11) is 0. The van der Waals surface area contributed by atoms with E-state index in [1.165, 1.54) is 46.5 Å². The van der Waals surface area contributed by atoms with Crippen molar-refractivity contribution in [1.82, 2.24) is 9.88 Å². The summed E-state index contributed by atoms with van der Waals surface area (Å²) in [6, 6.07) is 6.97. The molecule has 0 radical (unpaired) electrons. The van der Waals surface area contributed by atoms with Gasteiger partial charge in [0, 0.05) is 42.4 Å². The summed E-state index contributed by atoms with van der Waals surface area (Å²) >= 11 is 1.73. The number of rotatable bonds is 9. The van der Waals surface area contributed by atoms with E-state index in [1.807, 2.05) is 18.3 Å². The van der Waals surface area contributed by atoms with Crippen molar-refractivity contribution in [2.75, 3.05) is 19.6 Å². The number of aliphatic hydroxyl groups is 1. The second-order valence-corrected chi connectivity index (χ2v) is 16.0. The highest BCUT2D eigenvalue weighted by Gasteiger charge is 2.32. The maximum absolute atomic E-state index is 15.5. The minimum absolute atomic E-state index is 0.0483. The molecule has 0 bridgehead atoms. The lowest BCUT2D eigenvalue weighted by atomic mass is 9.82. The number of aliphatic hydroxyl groups excluding tert-OH is 1. The number of ketones is 2. The van der Waals surface area contributed by atoms with Gasteiger partial charge in [0.1, 0.15) is 11.5 Å². The topological polar surface area (TPSA) is 82.9 Å². The molecule has 264 valence electrons. The highest BCUT2D eigenvalue weighted by atomic mass is 32.1. The largest absolute Gasteiger partial charge is 0.392 e. The Kier molecular flexibility index (Phi) is 10.9. The number of carbonyl (C=O) groups is 2. The van der Waals surface area contributed by atoms with Gasteiger partial charge in [0.15, 0.2) is 17.4 Å². The van der Waals surface area contributed by atoms with Gasteiger partial charge in [-0.15, -0.1) is 11.3 Å². The van der Waals surface area contributed by atoms with Gasteiger partial charge in [-0.05, 0) is 146 Å². The molecule has 8 heteroatoms. The third-order valence-electron chi connectivity index (χ3n) is 11.8. The average molecular weight is 696 g/mol.